The van der Waals surface area contributed by atoms with Crippen LogP contribution in [0.1, 0.15) is 53.0 Å². The van der Waals surface area contributed by atoms with Gasteiger partial charge in [-0.1, -0.05) is 64.4 Å². The van der Waals surface area contributed by atoms with Gasteiger partial charge in [0.1, 0.15) is 0 Å². The number of hydrogen-bond donors (Lipinski definition) is 1. The molecule has 3 rings (SSSR count). The standard InChI is InChI=1S/C22H31N3O2S/c1-14(2)12-23-20(26)13-28-22-24-18-10-6-5-9-17(18)21(27)25(22)19-11-7-8-15(3)16(19)4/h5-6,9-10,14-16,19H,7-8,11-13H2,1-4H3,(H,23,26)/t15-,16+,19+/m0/s1. The van der Waals surface area contributed by atoms with Crippen LogP contribution in [0.15, 0.2) is 34.2 Å². The maximum absolute atomic E-state index is 13.4. The second kappa shape index (κ2) is 9.12. The van der Waals surface area contributed by atoms with E-state index in [2.05, 4.69) is 33.0 Å². The van der Waals surface area contributed by atoms with Crippen LogP contribution in [0.25, 0.3) is 10.9 Å². The quantitative estimate of drug-likeness (QED) is 0.580. The van der Waals surface area contributed by atoms with Crippen molar-refractivity contribution in [3.05, 3.63) is 34.6 Å². The van der Waals surface area contributed by atoms with Crippen LogP contribution in [0.4, 0.5) is 0 Å². The highest BCUT2D eigenvalue weighted by molar-refractivity contribution is 7.99. The van der Waals surface area contributed by atoms with Crippen molar-refractivity contribution in [2.75, 3.05) is 12.3 Å². The molecule has 1 aromatic heterocycles. The van der Waals surface area contributed by atoms with Gasteiger partial charge in [0.25, 0.3) is 5.56 Å². The number of amides is 1. The van der Waals surface area contributed by atoms with E-state index in [0.29, 0.717) is 40.4 Å². The first-order valence-electron chi connectivity index (χ1n) is 10.3. The van der Waals surface area contributed by atoms with Crippen molar-refractivity contribution in [2.24, 2.45) is 17.8 Å². The molecular weight excluding hydrogens is 370 g/mol. The summed E-state index contributed by atoms with van der Waals surface area (Å²) >= 11 is 1.37. The zero-order chi connectivity index (χ0) is 20.3. The van der Waals surface area contributed by atoms with Crippen molar-refractivity contribution in [1.82, 2.24) is 14.9 Å². The van der Waals surface area contributed by atoms with Crippen LogP contribution in [0, 0.1) is 17.8 Å². The van der Waals surface area contributed by atoms with Gasteiger partial charge >= 0.3 is 0 Å². The predicted octanol–water partition coefficient (Wildman–Crippen LogP) is 4.26. The van der Waals surface area contributed by atoms with Gasteiger partial charge in [0.15, 0.2) is 5.16 Å². The van der Waals surface area contributed by atoms with Gasteiger partial charge in [-0.05, 0) is 36.3 Å². The summed E-state index contributed by atoms with van der Waals surface area (Å²) in [5.74, 6) is 1.65. The molecule has 3 atom stereocenters. The second-order valence-corrected chi connectivity index (χ2v) is 9.35. The summed E-state index contributed by atoms with van der Waals surface area (Å²) in [5.41, 5.74) is 0.715. The number of carbonyl (C=O) groups excluding carboxylic acids is 1. The topological polar surface area (TPSA) is 64.0 Å². The highest BCUT2D eigenvalue weighted by atomic mass is 32.2. The van der Waals surface area contributed by atoms with Gasteiger partial charge in [-0.15, -0.1) is 0 Å². The Morgan fingerprint density at radius 3 is 2.79 bits per heavy atom. The molecular formula is C22H31N3O2S. The third kappa shape index (κ3) is 4.59. The molecule has 0 aliphatic heterocycles. The maximum Gasteiger partial charge on any atom is 0.262 e. The fourth-order valence-electron chi connectivity index (χ4n) is 3.94. The number of nitrogens with zero attached hydrogens (tertiary/aromatic N) is 2. The summed E-state index contributed by atoms with van der Waals surface area (Å²) in [4.78, 5) is 30.4. The van der Waals surface area contributed by atoms with Gasteiger partial charge in [0, 0.05) is 12.6 Å². The van der Waals surface area contributed by atoms with Crippen LogP contribution in [-0.2, 0) is 4.79 Å². The summed E-state index contributed by atoms with van der Waals surface area (Å²) in [6.07, 6.45) is 3.31. The molecule has 2 aromatic rings. The van der Waals surface area contributed by atoms with Gasteiger partial charge in [-0.2, -0.15) is 0 Å². The third-order valence-electron chi connectivity index (χ3n) is 5.81. The molecule has 1 fully saturated rings. The molecule has 1 saturated carbocycles. The lowest BCUT2D eigenvalue weighted by molar-refractivity contribution is -0.118. The average Bonchev–Trinajstić information content (AvgIpc) is 2.67. The minimum Gasteiger partial charge on any atom is -0.355 e. The van der Waals surface area contributed by atoms with Crippen LogP contribution in [0.5, 0.6) is 0 Å². The van der Waals surface area contributed by atoms with E-state index in [1.165, 1.54) is 18.2 Å². The Balaban J connectivity index is 1.95. The molecule has 1 heterocycles. The Morgan fingerprint density at radius 1 is 1.29 bits per heavy atom. The minimum atomic E-state index is -0.0160. The van der Waals surface area contributed by atoms with Crippen molar-refractivity contribution in [1.29, 1.82) is 0 Å². The Labute approximate surface area is 171 Å². The van der Waals surface area contributed by atoms with Gasteiger partial charge in [0.2, 0.25) is 5.91 Å². The first-order valence-corrected chi connectivity index (χ1v) is 11.3. The first-order chi connectivity index (χ1) is 13.4. The molecule has 6 heteroatoms. The number of benzene rings is 1. The molecule has 5 nitrogen and oxygen atoms in total. The van der Waals surface area contributed by atoms with Crippen LogP contribution in [0.2, 0.25) is 0 Å². The van der Waals surface area contributed by atoms with Gasteiger partial charge in [-0.3, -0.25) is 14.2 Å². The van der Waals surface area contributed by atoms with Crippen LogP contribution >= 0.6 is 11.8 Å². The third-order valence-corrected chi connectivity index (χ3v) is 6.76. The molecule has 1 amide bonds. The number of fused-ring (bicyclic) bond motifs is 1. The van der Waals surface area contributed by atoms with Crippen LogP contribution < -0.4 is 10.9 Å². The molecule has 1 aromatic carbocycles. The molecule has 1 aliphatic rings. The molecule has 28 heavy (non-hydrogen) atoms. The number of para-hydroxylation sites is 1. The number of nitrogens with one attached hydrogen (secondary N) is 1. The van der Waals surface area contributed by atoms with Gasteiger partial charge in [-0.25, -0.2) is 4.98 Å². The first kappa shape index (κ1) is 20.9. The molecule has 0 radical (unpaired) electrons. The van der Waals surface area contributed by atoms with E-state index in [9.17, 15) is 9.59 Å². The fourth-order valence-corrected chi connectivity index (χ4v) is 4.82. The molecule has 1 N–H and O–H groups in total. The largest absolute Gasteiger partial charge is 0.355 e. The van der Waals surface area contributed by atoms with Crippen molar-refractivity contribution in [2.45, 2.75) is 58.2 Å². The summed E-state index contributed by atoms with van der Waals surface area (Å²) < 4.78 is 1.88. The molecule has 152 valence electrons. The Hall–Kier alpha value is -1.82. The average molecular weight is 402 g/mol. The lowest BCUT2D eigenvalue weighted by Gasteiger charge is -2.36. The SMILES string of the molecule is CC(C)CNC(=O)CSc1nc2ccccc2c(=O)n1[C@@H]1CCC[C@H](C)[C@H]1C. The predicted molar refractivity (Wildman–Crippen MR) is 116 cm³/mol. The van der Waals surface area contributed by atoms with E-state index in [4.69, 9.17) is 4.98 Å². The van der Waals surface area contributed by atoms with E-state index in [1.54, 1.807) is 0 Å². The highest BCUT2D eigenvalue weighted by Crippen LogP contribution is 2.38. The molecule has 0 saturated heterocycles. The minimum absolute atomic E-state index is 0.0154. The van der Waals surface area contributed by atoms with Crippen molar-refractivity contribution >= 4 is 28.6 Å². The van der Waals surface area contributed by atoms with Gasteiger partial charge < -0.3 is 5.32 Å². The highest BCUT2D eigenvalue weighted by Gasteiger charge is 2.31. The van der Waals surface area contributed by atoms with E-state index in [1.807, 2.05) is 28.8 Å². The smallest absolute Gasteiger partial charge is 0.262 e. The number of hydrogen-bond acceptors (Lipinski definition) is 4. The Bertz CT molecular complexity index is 893. The number of thioether (sulfide) groups is 1. The van der Waals surface area contributed by atoms with E-state index in [0.717, 1.165) is 12.8 Å². The van der Waals surface area contributed by atoms with Gasteiger partial charge in [0.05, 0.1) is 16.7 Å². The number of rotatable bonds is 6. The summed E-state index contributed by atoms with van der Waals surface area (Å²) in [6.45, 7) is 9.31. The van der Waals surface area contributed by atoms with Crippen LogP contribution in [-0.4, -0.2) is 27.8 Å². The normalized spacial score (nSPS) is 22.5. The fraction of sp³-hybridized carbons (Fsp3) is 0.591. The Morgan fingerprint density at radius 2 is 2.04 bits per heavy atom. The van der Waals surface area contributed by atoms with Crippen molar-refractivity contribution in [3.8, 4) is 0 Å². The zero-order valence-corrected chi connectivity index (χ0v) is 18.1. The maximum atomic E-state index is 13.4. The monoisotopic (exact) mass is 401 g/mol. The van der Waals surface area contributed by atoms with E-state index >= 15 is 0 Å². The van der Waals surface area contributed by atoms with Crippen LogP contribution in [0.3, 0.4) is 0 Å². The molecule has 0 bridgehead atoms. The number of carbonyl (C=O) groups is 1. The second-order valence-electron chi connectivity index (χ2n) is 8.41. The van der Waals surface area contributed by atoms with Crippen molar-refractivity contribution < 1.29 is 4.79 Å². The van der Waals surface area contributed by atoms with E-state index < -0.39 is 0 Å². The Kier molecular flexibility index (Phi) is 6.81. The lowest BCUT2D eigenvalue weighted by atomic mass is 9.78. The summed E-state index contributed by atoms with van der Waals surface area (Å²) in [6, 6.07) is 7.64. The summed E-state index contributed by atoms with van der Waals surface area (Å²) in [5, 5.41) is 4.26. The lowest BCUT2D eigenvalue weighted by Crippen LogP contribution is -2.36. The van der Waals surface area contributed by atoms with Crippen molar-refractivity contribution in [3.63, 3.8) is 0 Å². The van der Waals surface area contributed by atoms with E-state index in [-0.39, 0.29) is 23.3 Å². The number of aromatic nitrogens is 2. The summed E-state index contributed by atoms with van der Waals surface area (Å²) in [7, 11) is 0. The molecule has 1 aliphatic carbocycles. The molecule has 0 spiro atoms. The molecule has 0 unspecified atom stereocenters. The zero-order valence-electron chi connectivity index (χ0n) is 17.3.